The van der Waals surface area contributed by atoms with E-state index in [9.17, 15) is 4.79 Å². The molecule has 0 N–H and O–H groups in total. The fraction of sp³-hybridized carbons (Fsp3) is 0.308. The second-order valence-electron chi connectivity index (χ2n) is 8.31. The van der Waals surface area contributed by atoms with Gasteiger partial charge >= 0.3 is 0 Å². The number of carbonyl (C=O) groups excluding carboxylic acids is 1. The molecular weight excluding hydrogens is 434 g/mol. The van der Waals surface area contributed by atoms with Crippen molar-refractivity contribution in [2.24, 2.45) is 5.92 Å². The number of fused-ring (bicyclic) bond motifs is 1. The van der Waals surface area contributed by atoms with Gasteiger partial charge in [0.1, 0.15) is 11.3 Å². The zero-order chi connectivity index (χ0) is 22.6. The third-order valence-corrected chi connectivity index (χ3v) is 7.05. The van der Waals surface area contributed by atoms with E-state index in [2.05, 4.69) is 21.3 Å². The van der Waals surface area contributed by atoms with E-state index in [1.54, 1.807) is 18.4 Å². The normalized spacial score (nSPS) is 14.5. The van der Waals surface area contributed by atoms with Crippen molar-refractivity contribution in [2.75, 3.05) is 25.1 Å². The molecule has 6 nitrogen and oxygen atoms in total. The van der Waals surface area contributed by atoms with Crippen molar-refractivity contribution in [3.63, 3.8) is 0 Å². The second-order valence-corrected chi connectivity index (χ2v) is 9.34. The summed E-state index contributed by atoms with van der Waals surface area (Å²) in [5.74, 6) is 0.999. The Labute approximate surface area is 197 Å². The third kappa shape index (κ3) is 4.73. The molecular formula is C26H27N3O3S. The van der Waals surface area contributed by atoms with Gasteiger partial charge in [0.2, 0.25) is 5.91 Å². The Bertz CT molecular complexity index is 1180. The maximum Gasteiger partial charge on any atom is 0.298 e. The zero-order valence-corrected chi connectivity index (χ0v) is 19.5. The van der Waals surface area contributed by atoms with Gasteiger partial charge in [-0.3, -0.25) is 4.79 Å². The average Bonchev–Trinajstić information content (AvgIpc) is 3.53. The third-order valence-electron chi connectivity index (χ3n) is 6.19. The maximum absolute atomic E-state index is 13.6. The SMILES string of the molecule is COc1ccccc1CN(Cc1cccs1)C(=O)C1CCN(c2nc3ccccc3o2)CC1. The van der Waals surface area contributed by atoms with Gasteiger partial charge in [-0.2, -0.15) is 4.98 Å². The molecule has 2 aromatic heterocycles. The van der Waals surface area contributed by atoms with Gasteiger partial charge in [-0.15, -0.1) is 11.3 Å². The fourth-order valence-corrected chi connectivity index (χ4v) is 5.13. The zero-order valence-electron chi connectivity index (χ0n) is 18.6. The number of nitrogens with zero attached hydrogens (tertiary/aromatic N) is 3. The number of rotatable bonds is 7. The van der Waals surface area contributed by atoms with Gasteiger partial charge in [-0.05, 0) is 42.5 Å². The molecule has 7 heteroatoms. The molecule has 1 fully saturated rings. The first-order valence-electron chi connectivity index (χ1n) is 11.2. The first-order valence-corrected chi connectivity index (χ1v) is 12.1. The predicted octanol–water partition coefficient (Wildman–Crippen LogP) is 5.34. The van der Waals surface area contributed by atoms with Crippen molar-refractivity contribution >= 4 is 34.4 Å². The summed E-state index contributed by atoms with van der Waals surface area (Å²) in [6, 6.07) is 20.5. The minimum atomic E-state index is -0.0136. The molecule has 0 bridgehead atoms. The molecule has 0 spiro atoms. The molecule has 0 radical (unpaired) electrons. The van der Waals surface area contributed by atoms with Gasteiger partial charge in [-0.25, -0.2) is 0 Å². The van der Waals surface area contributed by atoms with Crippen LogP contribution in [-0.2, 0) is 17.9 Å². The summed E-state index contributed by atoms with van der Waals surface area (Å²) in [5.41, 5.74) is 2.68. The van der Waals surface area contributed by atoms with Crippen LogP contribution in [0.1, 0.15) is 23.3 Å². The van der Waals surface area contributed by atoms with Crippen LogP contribution in [0.2, 0.25) is 0 Å². The summed E-state index contributed by atoms with van der Waals surface area (Å²) in [7, 11) is 1.67. The topological polar surface area (TPSA) is 58.8 Å². The first kappa shape index (κ1) is 21.5. The van der Waals surface area contributed by atoms with Crippen LogP contribution >= 0.6 is 11.3 Å². The Kier molecular flexibility index (Phi) is 6.30. The van der Waals surface area contributed by atoms with Crippen LogP contribution in [0.5, 0.6) is 5.75 Å². The minimum absolute atomic E-state index is 0.0136. The lowest BCUT2D eigenvalue weighted by atomic mass is 9.95. The molecule has 1 amide bonds. The summed E-state index contributed by atoms with van der Waals surface area (Å²) in [4.78, 5) is 23.6. The molecule has 0 unspecified atom stereocenters. The summed E-state index contributed by atoms with van der Waals surface area (Å²) < 4.78 is 11.5. The van der Waals surface area contributed by atoms with E-state index < -0.39 is 0 Å². The van der Waals surface area contributed by atoms with Crippen LogP contribution < -0.4 is 9.64 Å². The smallest absolute Gasteiger partial charge is 0.298 e. The number of hydrogen-bond donors (Lipinski definition) is 0. The number of anilines is 1. The number of piperidine rings is 1. The standard InChI is InChI=1S/C26H27N3O3S/c1-31-23-10-4-2-7-20(23)17-29(18-21-8-6-16-33-21)25(30)19-12-14-28(15-13-19)26-27-22-9-3-5-11-24(22)32-26/h2-11,16,19H,12-15,17-18H2,1H3. The number of oxazole rings is 1. The monoisotopic (exact) mass is 461 g/mol. The molecule has 3 heterocycles. The molecule has 1 aliphatic rings. The lowest BCUT2D eigenvalue weighted by molar-refractivity contribution is -0.137. The Hall–Kier alpha value is -3.32. The van der Waals surface area contributed by atoms with Crippen molar-refractivity contribution in [3.8, 4) is 5.75 Å². The van der Waals surface area contributed by atoms with Crippen molar-refractivity contribution in [3.05, 3.63) is 76.5 Å². The molecule has 33 heavy (non-hydrogen) atoms. The van der Waals surface area contributed by atoms with Crippen molar-refractivity contribution < 1.29 is 13.9 Å². The van der Waals surface area contributed by atoms with E-state index in [1.807, 2.05) is 59.5 Å². The number of ether oxygens (including phenoxy) is 1. The van der Waals surface area contributed by atoms with Gasteiger partial charge in [-0.1, -0.05) is 36.4 Å². The summed E-state index contributed by atoms with van der Waals surface area (Å²) in [5, 5.41) is 2.06. The van der Waals surface area contributed by atoms with Gasteiger partial charge in [0.25, 0.3) is 6.01 Å². The van der Waals surface area contributed by atoms with E-state index >= 15 is 0 Å². The Morgan fingerprint density at radius 1 is 1.09 bits per heavy atom. The number of benzene rings is 2. The van der Waals surface area contributed by atoms with Crippen LogP contribution in [0.3, 0.4) is 0 Å². The Balaban J connectivity index is 1.29. The highest BCUT2D eigenvalue weighted by Crippen LogP contribution is 2.29. The van der Waals surface area contributed by atoms with Crippen LogP contribution in [0, 0.1) is 5.92 Å². The van der Waals surface area contributed by atoms with E-state index in [4.69, 9.17) is 9.15 Å². The van der Waals surface area contributed by atoms with Gasteiger partial charge in [0.15, 0.2) is 5.58 Å². The molecule has 1 saturated heterocycles. The number of carbonyl (C=O) groups is 1. The largest absolute Gasteiger partial charge is 0.496 e. The van der Waals surface area contributed by atoms with E-state index in [1.165, 1.54) is 4.88 Å². The van der Waals surface area contributed by atoms with Crippen LogP contribution in [0.15, 0.2) is 70.5 Å². The highest BCUT2D eigenvalue weighted by molar-refractivity contribution is 7.09. The quantitative estimate of drug-likeness (QED) is 0.372. The summed E-state index contributed by atoms with van der Waals surface area (Å²) in [6.45, 7) is 2.65. The number of para-hydroxylation sites is 3. The fourth-order valence-electron chi connectivity index (χ4n) is 4.41. The molecule has 0 saturated carbocycles. The Morgan fingerprint density at radius 3 is 2.64 bits per heavy atom. The average molecular weight is 462 g/mol. The number of hydrogen-bond acceptors (Lipinski definition) is 6. The minimum Gasteiger partial charge on any atom is -0.496 e. The molecule has 0 aliphatic carbocycles. The lowest BCUT2D eigenvalue weighted by Crippen LogP contribution is -2.42. The van der Waals surface area contributed by atoms with E-state index in [0.29, 0.717) is 19.1 Å². The number of methoxy groups -OCH3 is 1. The van der Waals surface area contributed by atoms with E-state index in [-0.39, 0.29) is 11.8 Å². The van der Waals surface area contributed by atoms with Crippen molar-refractivity contribution in [1.82, 2.24) is 9.88 Å². The Morgan fingerprint density at radius 2 is 1.88 bits per heavy atom. The summed E-state index contributed by atoms with van der Waals surface area (Å²) >= 11 is 1.68. The number of aromatic nitrogens is 1. The number of amides is 1. The van der Waals surface area contributed by atoms with Gasteiger partial charge < -0.3 is 19.0 Å². The molecule has 1 aliphatic heterocycles. The van der Waals surface area contributed by atoms with Crippen LogP contribution in [0.25, 0.3) is 11.1 Å². The number of thiophene rings is 1. The van der Waals surface area contributed by atoms with Gasteiger partial charge in [0.05, 0.1) is 13.7 Å². The van der Waals surface area contributed by atoms with Crippen LogP contribution in [-0.4, -0.2) is 36.0 Å². The van der Waals surface area contributed by atoms with Crippen molar-refractivity contribution in [2.45, 2.75) is 25.9 Å². The highest BCUT2D eigenvalue weighted by atomic mass is 32.1. The van der Waals surface area contributed by atoms with E-state index in [0.717, 1.165) is 48.3 Å². The second kappa shape index (κ2) is 9.67. The molecule has 5 rings (SSSR count). The summed E-state index contributed by atoms with van der Waals surface area (Å²) in [6.07, 6.45) is 1.56. The molecule has 4 aromatic rings. The molecule has 170 valence electrons. The molecule has 0 atom stereocenters. The predicted molar refractivity (Wildman–Crippen MR) is 131 cm³/mol. The van der Waals surface area contributed by atoms with Crippen LogP contribution in [0.4, 0.5) is 6.01 Å². The lowest BCUT2D eigenvalue weighted by Gasteiger charge is -2.33. The van der Waals surface area contributed by atoms with Crippen molar-refractivity contribution in [1.29, 1.82) is 0 Å². The van der Waals surface area contributed by atoms with Gasteiger partial charge in [0, 0.05) is 36.0 Å². The molecule has 2 aromatic carbocycles. The maximum atomic E-state index is 13.6. The first-order chi connectivity index (χ1) is 16.2. The highest BCUT2D eigenvalue weighted by Gasteiger charge is 2.30.